The van der Waals surface area contributed by atoms with Crippen LogP contribution in [0.2, 0.25) is 0 Å². The lowest BCUT2D eigenvalue weighted by Gasteiger charge is -2.00. The van der Waals surface area contributed by atoms with Crippen LogP contribution in [0.1, 0.15) is 16.7 Å². The van der Waals surface area contributed by atoms with Gasteiger partial charge in [0.1, 0.15) is 18.2 Å². The van der Waals surface area contributed by atoms with E-state index in [1.807, 2.05) is 6.07 Å². The Labute approximate surface area is 114 Å². The molecule has 2 heterocycles. The van der Waals surface area contributed by atoms with Crippen LogP contribution >= 0.6 is 0 Å². The maximum Gasteiger partial charge on any atom is 0.162 e. The predicted molar refractivity (Wildman–Crippen MR) is 71.2 cm³/mol. The van der Waals surface area contributed by atoms with Crippen molar-refractivity contribution in [2.24, 2.45) is 0 Å². The molecule has 0 fully saturated rings. The minimum atomic E-state index is 0.313. The Hall–Kier alpha value is -3.49. The fourth-order valence-electron chi connectivity index (χ4n) is 2.17. The van der Waals surface area contributed by atoms with Crippen molar-refractivity contribution in [3.8, 4) is 18.2 Å². The molecule has 3 aromatic rings. The summed E-state index contributed by atoms with van der Waals surface area (Å²) < 4.78 is 0. The number of nitrogens with zero attached hydrogens (tertiary/aromatic N) is 5. The number of aromatic nitrogens is 2. The Bertz CT molecular complexity index is 983. The van der Waals surface area contributed by atoms with Gasteiger partial charge >= 0.3 is 0 Å². The van der Waals surface area contributed by atoms with E-state index in [2.05, 4.69) is 22.1 Å². The van der Waals surface area contributed by atoms with Gasteiger partial charge in [0, 0.05) is 11.6 Å². The maximum atomic E-state index is 9.42. The number of hydrogen-bond acceptors (Lipinski definition) is 5. The Morgan fingerprint density at radius 1 is 0.900 bits per heavy atom. The first-order valence-corrected chi connectivity index (χ1v) is 5.72. The molecule has 5 nitrogen and oxygen atoms in total. The molecule has 0 aliphatic rings. The van der Waals surface area contributed by atoms with Crippen molar-refractivity contribution >= 4 is 21.9 Å². The van der Waals surface area contributed by atoms with Crippen molar-refractivity contribution in [3.05, 3.63) is 47.2 Å². The molecular weight excluding hydrogens is 250 g/mol. The lowest BCUT2D eigenvalue weighted by Crippen LogP contribution is -1.88. The number of hydrogen-bond donors (Lipinski definition) is 0. The van der Waals surface area contributed by atoms with Gasteiger partial charge in [0.15, 0.2) is 5.65 Å². The quantitative estimate of drug-likeness (QED) is 0.614. The molecule has 0 unspecified atom stereocenters. The number of pyridine rings is 1. The molecule has 2 aromatic heterocycles. The number of rotatable bonds is 0. The van der Waals surface area contributed by atoms with Gasteiger partial charge in [-0.15, -0.1) is 0 Å². The lowest BCUT2D eigenvalue weighted by molar-refractivity contribution is 1.36. The zero-order valence-corrected chi connectivity index (χ0v) is 10.1. The van der Waals surface area contributed by atoms with Gasteiger partial charge in [-0.05, 0) is 6.07 Å². The van der Waals surface area contributed by atoms with Crippen molar-refractivity contribution in [1.82, 2.24) is 9.97 Å². The smallest absolute Gasteiger partial charge is 0.162 e. The maximum absolute atomic E-state index is 9.42. The largest absolute Gasteiger partial charge is 0.235 e. The monoisotopic (exact) mass is 255 g/mol. The Morgan fingerprint density at radius 2 is 1.65 bits per heavy atom. The Kier molecular flexibility index (Phi) is 2.50. The van der Waals surface area contributed by atoms with E-state index >= 15 is 0 Å². The molecule has 20 heavy (non-hydrogen) atoms. The first-order valence-electron chi connectivity index (χ1n) is 5.72. The van der Waals surface area contributed by atoms with E-state index in [-0.39, 0.29) is 0 Å². The highest BCUT2D eigenvalue weighted by atomic mass is 14.9. The average Bonchev–Trinajstić information content (AvgIpc) is 2.77. The van der Waals surface area contributed by atoms with Crippen LogP contribution in [0.25, 0.3) is 21.9 Å². The second-order valence-corrected chi connectivity index (χ2v) is 4.09. The first-order chi connectivity index (χ1) is 9.80. The molecule has 0 aliphatic heterocycles. The van der Waals surface area contributed by atoms with E-state index < -0.39 is 0 Å². The summed E-state index contributed by atoms with van der Waals surface area (Å²) in [6.45, 7) is 0. The summed E-state index contributed by atoms with van der Waals surface area (Å²) in [6.07, 6.45) is 1.39. The van der Waals surface area contributed by atoms with Crippen molar-refractivity contribution in [2.75, 3.05) is 0 Å². The SMILES string of the molecule is N#Cc1ccccc2c(C#N)c3c(C#N)cnc3nc12. The average molecular weight is 255 g/mol. The normalized spacial score (nSPS) is 9.85. The van der Waals surface area contributed by atoms with E-state index in [0.29, 0.717) is 38.6 Å². The minimum absolute atomic E-state index is 0.313. The highest BCUT2D eigenvalue weighted by Gasteiger charge is 2.15. The van der Waals surface area contributed by atoms with Crippen molar-refractivity contribution in [2.45, 2.75) is 0 Å². The van der Waals surface area contributed by atoms with E-state index in [1.54, 1.807) is 24.3 Å². The summed E-state index contributed by atoms with van der Waals surface area (Å²) >= 11 is 0. The van der Waals surface area contributed by atoms with Crippen molar-refractivity contribution in [3.63, 3.8) is 0 Å². The molecule has 0 radical (unpaired) electrons. The molecule has 3 rings (SSSR count). The van der Waals surface area contributed by atoms with Crippen molar-refractivity contribution in [1.29, 1.82) is 15.8 Å². The van der Waals surface area contributed by atoms with Gasteiger partial charge in [-0.2, -0.15) is 15.8 Å². The highest BCUT2D eigenvalue weighted by Crippen LogP contribution is 2.28. The van der Waals surface area contributed by atoms with Crippen LogP contribution in [0.5, 0.6) is 0 Å². The van der Waals surface area contributed by atoms with Gasteiger partial charge in [-0.1, -0.05) is 18.2 Å². The third-order valence-electron chi connectivity index (χ3n) is 3.05. The van der Waals surface area contributed by atoms with Crippen LogP contribution in [-0.2, 0) is 0 Å². The molecular formula is C15H5N5. The van der Waals surface area contributed by atoms with Crippen LogP contribution in [0, 0.1) is 34.0 Å². The van der Waals surface area contributed by atoms with E-state index in [9.17, 15) is 10.5 Å². The summed E-state index contributed by atoms with van der Waals surface area (Å²) in [5.41, 5.74) is 1.74. The van der Waals surface area contributed by atoms with Gasteiger partial charge in [-0.25, -0.2) is 9.97 Å². The van der Waals surface area contributed by atoms with Gasteiger partial charge in [-0.3, -0.25) is 0 Å². The summed E-state index contributed by atoms with van der Waals surface area (Å²) in [5, 5.41) is 28.7. The molecule has 0 aliphatic carbocycles. The second kappa shape index (κ2) is 4.31. The first kappa shape index (κ1) is 11.6. The zero-order chi connectivity index (χ0) is 14.1. The van der Waals surface area contributed by atoms with Crippen LogP contribution in [0.3, 0.4) is 0 Å². The number of nitriles is 3. The van der Waals surface area contributed by atoms with Crippen LogP contribution in [0.4, 0.5) is 0 Å². The molecule has 0 spiro atoms. The Balaban J connectivity index is 2.69. The second-order valence-electron chi connectivity index (χ2n) is 4.09. The van der Waals surface area contributed by atoms with Crippen LogP contribution in [-0.4, -0.2) is 9.97 Å². The fourth-order valence-corrected chi connectivity index (χ4v) is 2.17. The molecule has 1 aromatic carbocycles. The van der Waals surface area contributed by atoms with Gasteiger partial charge < -0.3 is 0 Å². The Morgan fingerprint density at radius 3 is 2.35 bits per heavy atom. The van der Waals surface area contributed by atoms with Crippen LogP contribution < -0.4 is 0 Å². The lowest BCUT2D eigenvalue weighted by atomic mass is 10.0. The van der Waals surface area contributed by atoms with Crippen molar-refractivity contribution < 1.29 is 0 Å². The minimum Gasteiger partial charge on any atom is -0.235 e. The fraction of sp³-hybridized carbons (Fsp3) is 0. The molecule has 0 atom stereocenters. The summed E-state index contributed by atoms with van der Waals surface area (Å²) in [6, 6.07) is 13.0. The van der Waals surface area contributed by atoms with Crippen LogP contribution in [0.15, 0.2) is 30.5 Å². The van der Waals surface area contributed by atoms with E-state index in [4.69, 9.17) is 5.26 Å². The molecule has 90 valence electrons. The van der Waals surface area contributed by atoms with Gasteiger partial charge in [0.05, 0.1) is 27.6 Å². The topological polar surface area (TPSA) is 97.2 Å². The molecule has 0 N–H and O–H groups in total. The summed E-state index contributed by atoms with van der Waals surface area (Å²) in [7, 11) is 0. The molecule has 0 amide bonds. The van der Waals surface area contributed by atoms with E-state index in [1.165, 1.54) is 6.20 Å². The predicted octanol–water partition coefficient (Wildman–Crippen LogP) is 2.40. The molecule has 0 bridgehead atoms. The van der Waals surface area contributed by atoms with Gasteiger partial charge in [0.2, 0.25) is 0 Å². The molecule has 0 saturated heterocycles. The third kappa shape index (κ3) is 1.47. The van der Waals surface area contributed by atoms with E-state index in [0.717, 1.165) is 0 Å². The molecule has 5 heteroatoms. The standard InChI is InChI=1S/C15H5N5/c16-5-9-3-1-2-4-11-12(7-18)13-10(6-17)8-19-15(13)20-14(9)11/h1-4,8H. The summed E-state index contributed by atoms with van der Waals surface area (Å²) in [4.78, 5) is 8.38. The highest BCUT2D eigenvalue weighted by molar-refractivity contribution is 6.02. The molecule has 0 saturated carbocycles. The number of fused-ring (bicyclic) bond motifs is 2. The third-order valence-corrected chi connectivity index (χ3v) is 3.05. The zero-order valence-electron chi connectivity index (χ0n) is 10.1. The summed E-state index contributed by atoms with van der Waals surface area (Å²) in [5.74, 6) is 0. The van der Waals surface area contributed by atoms with Gasteiger partial charge in [0.25, 0.3) is 0 Å².